The molecule has 17 heavy (non-hydrogen) atoms. The minimum Gasteiger partial charge on any atom is -0.290 e. The summed E-state index contributed by atoms with van der Waals surface area (Å²) in [4.78, 5) is 26.5. The zero-order valence-electron chi connectivity index (χ0n) is 8.76. The smallest absolute Gasteiger partial charge is 0.277 e. The zero-order valence-corrected chi connectivity index (χ0v) is 9.52. The Labute approximate surface area is 103 Å². The van der Waals surface area contributed by atoms with Gasteiger partial charge in [0, 0.05) is 10.6 Å². The van der Waals surface area contributed by atoms with Crippen LogP contribution in [0.1, 0.15) is 10.4 Å². The topological polar surface area (TPSA) is 46.5 Å². The SMILES string of the molecule is O=C1C=CC(=NC(=O)c2cccc(Cl)c2)C=C1. The fraction of sp³-hybridized carbons (Fsp3) is 0. The first-order valence-corrected chi connectivity index (χ1v) is 5.32. The van der Waals surface area contributed by atoms with Crippen molar-refractivity contribution >= 4 is 29.0 Å². The number of amides is 1. The Kier molecular flexibility index (Phi) is 3.30. The molecule has 3 nitrogen and oxygen atoms in total. The molecule has 1 aromatic rings. The number of carbonyl (C=O) groups is 2. The van der Waals surface area contributed by atoms with Crippen LogP contribution in [-0.4, -0.2) is 17.4 Å². The number of halogens is 1. The third-order valence-corrected chi connectivity index (χ3v) is 2.37. The van der Waals surface area contributed by atoms with E-state index in [0.717, 1.165) is 0 Å². The van der Waals surface area contributed by atoms with Gasteiger partial charge in [-0.1, -0.05) is 17.7 Å². The van der Waals surface area contributed by atoms with Crippen molar-refractivity contribution < 1.29 is 9.59 Å². The molecule has 1 aromatic carbocycles. The average molecular weight is 246 g/mol. The highest BCUT2D eigenvalue weighted by Crippen LogP contribution is 2.12. The molecule has 0 aliphatic heterocycles. The molecular formula is C13H8ClNO2. The molecule has 0 atom stereocenters. The monoisotopic (exact) mass is 245 g/mol. The van der Waals surface area contributed by atoms with Gasteiger partial charge < -0.3 is 0 Å². The van der Waals surface area contributed by atoms with Crippen LogP contribution >= 0.6 is 11.6 Å². The highest BCUT2D eigenvalue weighted by atomic mass is 35.5. The first-order valence-electron chi connectivity index (χ1n) is 4.94. The molecule has 0 saturated carbocycles. The second kappa shape index (κ2) is 4.89. The second-order valence-corrected chi connectivity index (χ2v) is 3.86. The lowest BCUT2D eigenvalue weighted by molar-refractivity contribution is -0.110. The van der Waals surface area contributed by atoms with E-state index in [1.165, 1.54) is 24.3 Å². The van der Waals surface area contributed by atoms with Crippen molar-refractivity contribution in [2.45, 2.75) is 0 Å². The Morgan fingerprint density at radius 3 is 2.47 bits per heavy atom. The largest absolute Gasteiger partial charge is 0.290 e. The van der Waals surface area contributed by atoms with Crippen LogP contribution in [0.3, 0.4) is 0 Å². The molecule has 2 rings (SSSR count). The van der Waals surface area contributed by atoms with E-state index in [9.17, 15) is 9.59 Å². The molecule has 84 valence electrons. The fourth-order valence-electron chi connectivity index (χ4n) is 1.32. The first-order chi connectivity index (χ1) is 8.15. The normalized spacial score (nSPS) is 13.9. The van der Waals surface area contributed by atoms with Crippen molar-refractivity contribution in [3.8, 4) is 0 Å². The first kappa shape index (κ1) is 11.5. The molecule has 0 saturated heterocycles. The number of hydrogen-bond donors (Lipinski definition) is 0. The molecule has 4 heteroatoms. The van der Waals surface area contributed by atoms with Crippen molar-refractivity contribution in [3.05, 3.63) is 59.2 Å². The van der Waals surface area contributed by atoms with E-state index >= 15 is 0 Å². The summed E-state index contributed by atoms with van der Waals surface area (Å²) in [5.74, 6) is -0.495. The molecule has 0 N–H and O–H groups in total. The standard InChI is InChI=1S/C13H8ClNO2/c14-10-3-1-2-9(8-10)13(17)15-11-4-6-12(16)7-5-11/h1-8H. The molecule has 0 heterocycles. The van der Waals surface area contributed by atoms with E-state index in [4.69, 9.17) is 11.6 Å². The minimum atomic E-state index is -0.383. The average Bonchev–Trinajstić information content (AvgIpc) is 2.32. The Hall–Kier alpha value is -2.00. The van der Waals surface area contributed by atoms with E-state index in [-0.39, 0.29) is 11.7 Å². The maximum Gasteiger partial charge on any atom is 0.277 e. The van der Waals surface area contributed by atoms with Gasteiger partial charge in [0.2, 0.25) is 0 Å². The van der Waals surface area contributed by atoms with Crippen LogP contribution in [0, 0.1) is 0 Å². The van der Waals surface area contributed by atoms with E-state index < -0.39 is 0 Å². The van der Waals surface area contributed by atoms with Crippen LogP contribution in [0.25, 0.3) is 0 Å². The van der Waals surface area contributed by atoms with Crippen LogP contribution in [0.5, 0.6) is 0 Å². The van der Waals surface area contributed by atoms with Gasteiger partial charge in [0.1, 0.15) is 0 Å². The second-order valence-electron chi connectivity index (χ2n) is 3.42. The van der Waals surface area contributed by atoms with Crippen LogP contribution in [0.2, 0.25) is 5.02 Å². The summed E-state index contributed by atoms with van der Waals surface area (Å²) in [7, 11) is 0. The number of rotatable bonds is 1. The summed E-state index contributed by atoms with van der Waals surface area (Å²) < 4.78 is 0. The van der Waals surface area contributed by atoms with Crippen LogP contribution in [-0.2, 0) is 4.79 Å². The summed E-state index contributed by atoms with van der Waals surface area (Å²) in [6, 6.07) is 6.56. The van der Waals surface area contributed by atoms with Gasteiger partial charge in [0.05, 0.1) is 5.71 Å². The molecule has 1 aliphatic carbocycles. The Morgan fingerprint density at radius 1 is 1.12 bits per heavy atom. The third kappa shape index (κ3) is 2.98. The van der Waals surface area contributed by atoms with Crippen LogP contribution in [0.15, 0.2) is 53.6 Å². The number of hydrogen-bond acceptors (Lipinski definition) is 2. The predicted molar refractivity (Wildman–Crippen MR) is 66.5 cm³/mol. The predicted octanol–water partition coefficient (Wildman–Crippen LogP) is 2.62. The zero-order chi connectivity index (χ0) is 12.3. The number of nitrogens with zero attached hydrogens (tertiary/aromatic N) is 1. The Balaban J connectivity index is 2.23. The van der Waals surface area contributed by atoms with Crippen molar-refractivity contribution in [2.24, 2.45) is 4.99 Å². The number of ketones is 1. The van der Waals surface area contributed by atoms with E-state index in [1.807, 2.05) is 0 Å². The molecule has 0 aromatic heterocycles. The lowest BCUT2D eigenvalue weighted by Crippen LogP contribution is -2.03. The quantitative estimate of drug-likeness (QED) is 0.714. The van der Waals surface area contributed by atoms with E-state index in [1.54, 1.807) is 24.3 Å². The van der Waals surface area contributed by atoms with Crippen molar-refractivity contribution in [2.75, 3.05) is 0 Å². The Bertz CT molecular complexity index is 553. The van der Waals surface area contributed by atoms with Crippen LogP contribution < -0.4 is 0 Å². The van der Waals surface area contributed by atoms with Gasteiger partial charge in [0.25, 0.3) is 5.91 Å². The molecule has 0 spiro atoms. The van der Waals surface area contributed by atoms with E-state index in [2.05, 4.69) is 4.99 Å². The lowest BCUT2D eigenvalue weighted by Gasteiger charge is -1.99. The number of carbonyl (C=O) groups excluding carboxylic acids is 2. The van der Waals surface area contributed by atoms with Gasteiger partial charge in [-0.05, 0) is 42.5 Å². The number of allylic oxidation sites excluding steroid dienone is 4. The van der Waals surface area contributed by atoms with Gasteiger partial charge in [-0.3, -0.25) is 9.59 Å². The van der Waals surface area contributed by atoms with Crippen LogP contribution in [0.4, 0.5) is 0 Å². The highest BCUT2D eigenvalue weighted by Gasteiger charge is 2.06. The maximum atomic E-state index is 11.7. The highest BCUT2D eigenvalue weighted by molar-refractivity contribution is 6.31. The summed E-state index contributed by atoms with van der Waals surface area (Å²) in [5, 5.41) is 0.487. The summed E-state index contributed by atoms with van der Waals surface area (Å²) >= 11 is 5.78. The van der Waals surface area contributed by atoms with Gasteiger partial charge in [0.15, 0.2) is 5.78 Å². The summed E-state index contributed by atoms with van der Waals surface area (Å²) in [6.45, 7) is 0. The summed E-state index contributed by atoms with van der Waals surface area (Å²) in [5.41, 5.74) is 0.873. The van der Waals surface area contributed by atoms with Crippen molar-refractivity contribution in [1.29, 1.82) is 0 Å². The lowest BCUT2D eigenvalue weighted by atomic mass is 10.1. The van der Waals surface area contributed by atoms with Crippen molar-refractivity contribution in [3.63, 3.8) is 0 Å². The minimum absolute atomic E-state index is 0.112. The maximum absolute atomic E-state index is 11.7. The molecule has 0 unspecified atom stereocenters. The Morgan fingerprint density at radius 2 is 1.82 bits per heavy atom. The third-order valence-electron chi connectivity index (χ3n) is 2.14. The molecule has 0 bridgehead atoms. The number of benzene rings is 1. The fourth-order valence-corrected chi connectivity index (χ4v) is 1.51. The van der Waals surface area contributed by atoms with Gasteiger partial charge in [-0.15, -0.1) is 0 Å². The van der Waals surface area contributed by atoms with E-state index in [0.29, 0.717) is 16.3 Å². The summed E-state index contributed by atoms with van der Waals surface area (Å²) in [6.07, 6.45) is 5.74. The molecule has 0 radical (unpaired) electrons. The van der Waals surface area contributed by atoms with Gasteiger partial charge >= 0.3 is 0 Å². The molecular weight excluding hydrogens is 238 g/mol. The van der Waals surface area contributed by atoms with Crippen molar-refractivity contribution in [1.82, 2.24) is 0 Å². The molecule has 0 fully saturated rings. The number of aliphatic imine (C=N–C) groups is 1. The van der Waals surface area contributed by atoms with Gasteiger partial charge in [-0.2, -0.15) is 0 Å². The molecule has 1 aliphatic rings. The van der Waals surface area contributed by atoms with Gasteiger partial charge in [-0.25, -0.2) is 4.99 Å². The molecule has 1 amide bonds.